The molecule has 0 spiro atoms. The van der Waals surface area contributed by atoms with Crippen LogP contribution in [0.4, 0.5) is 11.5 Å². The molecule has 6 nitrogen and oxygen atoms in total. The molecule has 0 saturated heterocycles. The Bertz CT molecular complexity index is 1170. The third-order valence-corrected chi connectivity index (χ3v) is 4.17. The highest BCUT2D eigenvalue weighted by Crippen LogP contribution is 2.27. The molecule has 0 radical (unpaired) electrons. The van der Waals surface area contributed by atoms with Gasteiger partial charge in [0.25, 0.3) is 0 Å². The van der Waals surface area contributed by atoms with E-state index in [0.29, 0.717) is 5.82 Å². The highest BCUT2D eigenvalue weighted by atomic mass is 16.5. The second-order valence-electron chi connectivity index (χ2n) is 6.23. The molecule has 2 N–H and O–H groups in total. The summed E-state index contributed by atoms with van der Waals surface area (Å²) in [6.07, 6.45) is 4.13. The van der Waals surface area contributed by atoms with Crippen molar-refractivity contribution in [3.8, 4) is 11.5 Å². The van der Waals surface area contributed by atoms with Gasteiger partial charge in [-0.15, -0.1) is 0 Å². The first-order valence-corrected chi connectivity index (χ1v) is 8.93. The van der Waals surface area contributed by atoms with Gasteiger partial charge in [0, 0.05) is 17.1 Å². The summed E-state index contributed by atoms with van der Waals surface area (Å²) in [6, 6.07) is 22.6. The van der Waals surface area contributed by atoms with E-state index in [1.54, 1.807) is 0 Å². The number of benzene rings is 3. The molecule has 0 amide bonds. The zero-order chi connectivity index (χ0) is 20.1. The maximum atomic E-state index is 10.8. The molecular formula is C23H17N3O3. The maximum absolute atomic E-state index is 10.8. The van der Waals surface area contributed by atoms with Crippen molar-refractivity contribution in [2.75, 3.05) is 5.32 Å². The monoisotopic (exact) mass is 383 g/mol. The van der Waals surface area contributed by atoms with Gasteiger partial charge in [-0.3, -0.25) is 0 Å². The van der Waals surface area contributed by atoms with Crippen LogP contribution in [0.1, 0.15) is 5.56 Å². The number of nitrogens with zero attached hydrogens (tertiary/aromatic N) is 2. The first-order chi connectivity index (χ1) is 14.2. The summed E-state index contributed by atoms with van der Waals surface area (Å²) in [5, 5.41) is 12.9. The summed E-state index contributed by atoms with van der Waals surface area (Å²) in [7, 11) is 0. The van der Waals surface area contributed by atoms with Crippen LogP contribution < -0.4 is 10.1 Å². The average Bonchev–Trinajstić information content (AvgIpc) is 2.74. The van der Waals surface area contributed by atoms with Crippen molar-refractivity contribution in [3.63, 3.8) is 0 Å². The van der Waals surface area contributed by atoms with Gasteiger partial charge < -0.3 is 15.2 Å². The van der Waals surface area contributed by atoms with Crippen molar-refractivity contribution >= 4 is 34.5 Å². The third kappa shape index (κ3) is 4.56. The fraction of sp³-hybridized carbons (Fsp3) is 0. The maximum Gasteiger partial charge on any atom is 0.328 e. The zero-order valence-electron chi connectivity index (χ0n) is 15.3. The lowest BCUT2D eigenvalue weighted by Gasteiger charge is -2.10. The Morgan fingerprint density at radius 1 is 0.931 bits per heavy atom. The standard InChI is InChI=1S/C23H17N3O3/c27-22(28)13-7-16-6-12-21-20(14-16)23(25-15-24-21)26-17-8-10-19(11-9-17)29-18-4-2-1-3-5-18/h1-15H,(H,27,28)(H,24,25,26). The normalized spacial score (nSPS) is 10.9. The number of rotatable bonds is 6. The molecule has 1 heterocycles. The van der Waals surface area contributed by atoms with Crippen LogP contribution in [0.15, 0.2) is 85.2 Å². The van der Waals surface area contributed by atoms with Gasteiger partial charge in [0.2, 0.25) is 0 Å². The molecule has 0 fully saturated rings. The van der Waals surface area contributed by atoms with Crippen molar-refractivity contribution in [1.29, 1.82) is 0 Å². The number of hydrogen-bond donors (Lipinski definition) is 2. The van der Waals surface area contributed by atoms with E-state index in [2.05, 4.69) is 15.3 Å². The van der Waals surface area contributed by atoms with Crippen LogP contribution in [-0.4, -0.2) is 21.0 Å². The highest BCUT2D eigenvalue weighted by molar-refractivity contribution is 5.93. The van der Waals surface area contributed by atoms with E-state index >= 15 is 0 Å². The molecule has 4 aromatic rings. The van der Waals surface area contributed by atoms with Gasteiger partial charge in [-0.2, -0.15) is 0 Å². The number of carboxylic acid groups (broad SMARTS) is 1. The highest BCUT2D eigenvalue weighted by Gasteiger charge is 2.06. The van der Waals surface area contributed by atoms with E-state index in [1.165, 1.54) is 12.4 Å². The molecular weight excluding hydrogens is 366 g/mol. The second-order valence-corrected chi connectivity index (χ2v) is 6.23. The summed E-state index contributed by atoms with van der Waals surface area (Å²) in [6.45, 7) is 0. The van der Waals surface area contributed by atoms with Crippen LogP contribution in [0, 0.1) is 0 Å². The minimum Gasteiger partial charge on any atom is -0.478 e. The van der Waals surface area contributed by atoms with Gasteiger partial charge in [-0.1, -0.05) is 24.3 Å². The quantitative estimate of drug-likeness (QED) is 0.442. The fourth-order valence-corrected chi connectivity index (χ4v) is 2.81. The van der Waals surface area contributed by atoms with Crippen molar-refractivity contribution in [1.82, 2.24) is 9.97 Å². The average molecular weight is 383 g/mol. The predicted molar refractivity (Wildman–Crippen MR) is 112 cm³/mol. The topological polar surface area (TPSA) is 84.3 Å². The number of carbonyl (C=O) groups is 1. The summed E-state index contributed by atoms with van der Waals surface area (Å²) >= 11 is 0. The van der Waals surface area contributed by atoms with Crippen LogP contribution in [0.5, 0.6) is 11.5 Å². The third-order valence-electron chi connectivity index (χ3n) is 4.17. The van der Waals surface area contributed by atoms with Crippen LogP contribution in [-0.2, 0) is 4.79 Å². The van der Waals surface area contributed by atoms with Gasteiger partial charge in [0.05, 0.1) is 5.52 Å². The number of carboxylic acids is 1. The van der Waals surface area contributed by atoms with Crippen LogP contribution in [0.2, 0.25) is 0 Å². The van der Waals surface area contributed by atoms with Crippen molar-refractivity contribution in [2.45, 2.75) is 0 Å². The van der Waals surface area contributed by atoms with Crippen molar-refractivity contribution in [3.05, 3.63) is 90.8 Å². The molecule has 0 bridgehead atoms. The number of ether oxygens (including phenoxy) is 1. The largest absolute Gasteiger partial charge is 0.478 e. The minimum absolute atomic E-state index is 0.636. The number of fused-ring (bicyclic) bond motifs is 1. The van der Waals surface area contributed by atoms with Crippen LogP contribution in [0.3, 0.4) is 0 Å². The van der Waals surface area contributed by atoms with Crippen molar-refractivity contribution in [2.24, 2.45) is 0 Å². The van der Waals surface area contributed by atoms with Gasteiger partial charge in [-0.25, -0.2) is 14.8 Å². The Hall–Kier alpha value is -4.19. The van der Waals surface area contributed by atoms with Crippen LogP contribution >= 0.6 is 0 Å². The van der Waals surface area contributed by atoms with Gasteiger partial charge in [0.1, 0.15) is 23.6 Å². The minimum atomic E-state index is -0.995. The Morgan fingerprint density at radius 3 is 2.45 bits per heavy atom. The lowest BCUT2D eigenvalue weighted by atomic mass is 10.1. The van der Waals surface area contributed by atoms with Gasteiger partial charge in [-0.05, 0) is 60.2 Å². The first-order valence-electron chi connectivity index (χ1n) is 8.93. The van der Waals surface area contributed by atoms with E-state index < -0.39 is 5.97 Å². The summed E-state index contributed by atoms with van der Waals surface area (Å²) in [5.41, 5.74) is 2.36. The molecule has 3 aromatic carbocycles. The molecule has 0 aliphatic carbocycles. The number of aromatic nitrogens is 2. The first kappa shape index (κ1) is 18.2. The summed E-state index contributed by atoms with van der Waals surface area (Å²) in [4.78, 5) is 19.4. The Kier molecular flexibility index (Phi) is 5.16. The Morgan fingerprint density at radius 2 is 1.69 bits per heavy atom. The van der Waals surface area contributed by atoms with Crippen molar-refractivity contribution < 1.29 is 14.6 Å². The lowest BCUT2D eigenvalue weighted by molar-refractivity contribution is -0.131. The zero-order valence-corrected chi connectivity index (χ0v) is 15.3. The molecule has 142 valence electrons. The molecule has 4 rings (SSSR count). The molecule has 0 aliphatic heterocycles. The Labute approximate surface area is 167 Å². The SMILES string of the molecule is O=C(O)C=Cc1ccc2ncnc(Nc3ccc(Oc4ccccc4)cc3)c2c1. The lowest BCUT2D eigenvalue weighted by Crippen LogP contribution is -1.96. The summed E-state index contributed by atoms with van der Waals surface area (Å²) in [5.74, 6) is 1.15. The molecule has 1 aromatic heterocycles. The van der Waals surface area contributed by atoms with E-state index in [4.69, 9.17) is 9.84 Å². The Balaban J connectivity index is 1.57. The predicted octanol–water partition coefficient (Wildman–Crippen LogP) is 5.26. The van der Waals surface area contributed by atoms with E-state index in [9.17, 15) is 4.79 Å². The van der Waals surface area contributed by atoms with E-state index in [-0.39, 0.29) is 0 Å². The van der Waals surface area contributed by atoms with Crippen LogP contribution in [0.25, 0.3) is 17.0 Å². The molecule has 0 aliphatic rings. The van der Waals surface area contributed by atoms with Gasteiger partial charge in [0.15, 0.2) is 0 Å². The smallest absolute Gasteiger partial charge is 0.328 e. The number of nitrogens with one attached hydrogen (secondary N) is 1. The fourth-order valence-electron chi connectivity index (χ4n) is 2.81. The number of hydrogen-bond acceptors (Lipinski definition) is 5. The molecule has 0 atom stereocenters. The number of aliphatic carboxylic acids is 1. The van der Waals surface area contributed by atoms with E-state index in [1.807, 2.05) is 72.8 Å². The number of anilines is 2. The molecule has 0 saturated carbocycles. The molecule has 0 unspecified atom stereocenters. The second kappa shape index (κ2) is 8.22. The van der Waals surface area contributed by atoms with E-state index in [0.717, 1.165) is 39.7 Å². The molecule has 29 heavy (non-hydrogen) atoms. The molecule has 6 heteroatoms. The number of para-hydroxylation sites is 1. The summed E-state index contributed by atoms with van der Waals surface area (Å²) < 4.78 is 5.81. The van der Waals surface area contributed by atoms with Gasteiger partial charge >= 0.3 is 5.97 Å².